The van der Waals surface area contributed by atoms with Gasteiger partial charge in [-0.05, 0) is 54.8 Å². The molecule has 3 rings (SSSR count). The van der Waals surface area contributed by atoms with Crippen molar-refractivity contribution in [2.75, 3.05) is 13.1 Å². The first-order chi connectivity index (χ1) is 12.3. The summed E-state index contributed by atoms with van der Waals surface area (Å²) in [7, 11) is 0. The predicted molar refractivity (Wildman–Crippen MR) is 101 cm³/mol. The van der Waals surface area contributed by atoms with Gasteiger partial charge in [0, 0.05) is 43.3 Å². The Morgan fingerprint density at radius 1 is 1.19 bits per heavy atom. The Hall–Kier alpha value is -1.95. The summed E-state index contributed by atoms with van der Waals surface area (Å²) in [6, 6.07) is 7.49. The summed E-state index contributed by atoms with van der Waals surface area (Å²) in [5, 5.41) is 0. The van der Waals surface area contributed by atoms with Crippen LogP contribution in [0.25, 0.3) is 11.3 Å². The van der Waals surface area contributed by atoms with E-state index in [2.05, 4.69) is 4.98 Å². The van der Waals surface area contributed by atoms with Gasteiger partial charge >= 0.3 is 0 Å². The molecule has 1 aromatic heterocycles. The van der Waals surface area contributed by atoms with Crippen LogP contribution in [-0.2, 0) is 6.67 Å². The zero-order chi connectivity index (χ0) is 18.9. The summed E-state index contributed by atoms with van der Waals surface area (Å²) < 4.78 is 39.8. The summed E-state index contributed by atoms with van der Waals surface area (Å²) in [5.74, 6) is -2.59. The van der Waals surface area contributed by atoms with Crippen LogP contribution in [0.3, 0.4) is 0 Å². The highest BCUT2D eigenvalue weighted by Crippen LogP contribution is 2.29. The number of benzene rings is 1. The molecule has 1 aromatic carbocycles. The highest BCUT2D eigenvalue weighted by molar-refractivity contribution is 7.80. The van der Waals surface area contributed by atoms with Crippen molar-refractivity contribution in [3.63, 3.8) is 0 Å². The molecule has 0 aliphatic carbocycles. The van der Waals surface area contributed by atoms with Crippen LogP contribution in [0.15, 0.2) is 30.5 Å². The number of halogens is 3. The van der Waals surface area contributed by atoms with Gasteiger partial charge in [0.05, 0.1) is 5.69 Å². The van der Waals surface area contributed by atoms with Crippen molar-refractivity contribution in [1.82, 2.24) is 9.88 Å². The number of alkyl halides is 3. The van der Waals surface area contributed by atoms with E-state index in [1.807, 2.05) is 38.1 Å². The van der Waals surface area contributed by atoms with Crippen LogP contribution in [0.5, 0.6) is 0 Å². The molecule has 1 saturated heterocycles. The Kier molecular flexibility index (Phi) is 5.32. The quantitative estimate of drug-likeness (QED) is 0.680. The number of pyridine rings is 1. The number of likely N-dealkylation sites (tertiary alicyclic amines) is 1. The Morgan fingerprint density at radius 2 is 1.88 bits per heavy atom. The van der Waals surface area contributed by atoms with Gasteiger partial charge in [0.15, 0.2) is 0 Å². The second-order valence-corrected chi connectivity index (χ2v) is 7.18. The van der Waals surface area contributed by atoms with Crippen LogP contribution < -0.4 is 0 Å². The fraction of sp³-hybridized carbons (Fsp3) is 0.400. The van der Waals surface area contributed by atoms with Crippen molar-refractivity contribution in [3.05, 3.63) is 52.7 Å². The van der Waals surface area contributed by atoms with Gasteiger partial charge in [-0.15, -0.1) is 0 Å². The van der Waals surface area contributed by atoms with Gasteiger partial charge in [0.25, 0.3) is 5.92 Å². The zero-order valence-corrected chi connectivity index (χ0v) is 15.7. The van der Waals surface area contributed by atoms with Crippen molar-refractivity contribution < 1.29 is 13.2 Å². The van der Waals surface area contributed by atoms with E-state index >= 15 is 0 Å². The summed E-state index contributed by atoms with van der Waals surface area (Å²) in [6.07, 6.45) is 1.31. The van der Waals surface area contributed by atoms with E-state index in [4.69, 9.17) is 12.2 Å². The highest BCUT2D eigenvalue weighted by atomic mass is 32.1. The Balaban J connectivity index is 1.79. The third-order valence-corrected chi connectivity index (χ3v) is 5.50. The van der Waals surface area contributed by atoms with E-state index in [0.717, 1.165) is 27.9 Å². The van der Waals surface area contributed by atoms with E-state index < -0.39 is 12.6 Å². The van der Waals surface area contributed by atoms with Crippen molar-refractivity contribution >= 4 is 17.2 Å². The number of aryl methyl sites for hydroxylation is 1. The molecule has 2 nitrogen and oxygen atoms in total. The number of aromatic nitrogens is 1. The fourth-order valence-corrected chi connectivity index (χ4v) is 3.43. The van der Waals surface area contributed by atoms with E-state index in [1.165, 1.54) is 0 Å². The molecule has 0 saturated carbocycles. The lowest BCUT2D eigenvalue weighted by atomic mass is 9.98. The molecule has 0 spiro atoms. The van der Waals surface area contributed by atoms with Gasteiger partial charge < -0.3 is 4.90 Å². The van der Waals surface area contributed by atoms with E-state index in [0.29, 0.717) is 10.6 Å². The summed E-state index contributed by atoms with van der Waals surface area (Å²) in [5.41, 5.74) is 4.97. The van der Waals surface area contributed by atoms with Gasteiger partial charge in [0.2, 0.25) is 0 Å². The van der Waals surface area contributed by atoms with Crippen molar-refractivity contribution in [2.24, 2.45) is 0 Å². The summed E-state index contributed by atoms with van der Waals surface area (Å²) in [6.45, 7) is 3.86. The third kappa shape index (κ3) is 3.90. The van der Waals surface area contributed by atoms with Gasteiger partial charge in [-0.2, -0.15) is 0 Å². The molecule has 0 N–H and O–H groups in total. The minimum Gasteiger partial charge on any atom is -0.362 e. The molecule has 26 heavy (non-hydrogen) atoms. The number of piperidine rings is 1. The van der Waals surface area contributed by atoms with Crippen molar-refractivity contribution in [3.8, 4) is 11.3 Å². The van der Waals surface area contributed by atoms with Gasteiger partial charge in [-0.25, -0.2) is 13.2 Å². The first-order valence-electron chi connectivity index (χ1n) is 8.60. The zero-order valence-electron chi connectivity index (χ0n) is 14.9. The molecule has 0 unspecified atom stereocenters. The smallest absolute Gasteiger partial charge is 0.251 e. The van der Waals surface area contributed by atoms with E-state index in [9.17, 15) is 13.2 Å². The molecule has 138 valence electrons. The Labute approximate surface area is 157 Å². The molecule has 0 radical (unpaired) electrons. The average molecular weight is 378 g/mol. The topological polar surface area (TPSA) is 16.1 Å². The van der Waals surface area contributed by atoms with Crippen LogP contribution in [0.2, 0.25) is 0 Å². The first kappa shape index (κ1) is 18.8. The number of nitrogens with zero attached hydrogens (tertiary/aromatic N) is 2. The number of rotatable bonds is 3. The molecular weight excluding hydrogens is 357 g/mol. The Bertz CT molecular complexity index is 809. The lowest BCUT2D eigenvalue weighted by Crippen LogP contribution is -2.42. The van der Waals surface area contributed by atoms with Crippen LogP contribution in [0, 0.1) is 13.8 Å². The Morgan fingerprint density at radius 3 is 2.46 bits per heavy atom. The molecule has 0 amide bonds. The molecule has 2 aromatic rings. The largest absolute Gasteiger partial charge is 0.362 e. The van der Waals surface area contributed by atoms with Crippen LogP contribution in [0.1, 0.15) is 35.1 Å². The van der Waals surface area contributed by atoms with Crippen LogP contribution >= 0.6 is 12.2 Å². The first-order valence-corrected chi connectivity index (χ1v) is 9.01. The third-order valence-electron chi connectivity index (χ3n) is 5.01. The lowest BCUT2D eigenvalue weighted by Gasteiger charge is -2.33. The fourth-order valence-electron chi connectivity index (χ4n) is 3.13. The molecule has 6 heteroatoms. The normalized spacial score (nSPS) is 16.6. The number of thiocarbonyl (C=S) groups is 1. The molecule has 0 atom stereocenters. The maximum atomic E-state index is 13.3. The summed E-state index contributed by atoms with van der Waals surface area (Å²) in [4.78, 5) is 6.81. The number of hydrogen-bond acceptors (Lipinski definition) is 2. The van der Waals surface area contributed by atoms with Crippen LogP contribution in [0.4, 0.5) is 13.2 Å². The van der Waals surface area contributed by atoms with Crippen molar-refractivity contribution in [2.45, 2.75) is 39.3 Å². The lowest BCUT2D eigenvalue weighted by molar-refractivity contribution is -0.0430. The molecule has 0 bridgehead atoms. The predicted octanol–water partition coefficient (Wildman–Crippen LogP) is 5.24. The van der Waals surface area contributed by atoms with E-state index in [1.54, 1.807) is 11.1 Å². The summed E-state index contributed by atoms with van der Waals surface area (Å²) >= 11 is 5.44. The minimum absolute atomic E-state index is 0.173. The second kappa shape index (κ2) is 7.35. The maximum Gasteiger partial charge on any atom is 0.251 e. The van der Waals surface area contributed by atoms with Gasteiger partial charge in [-0.1, -0.05) is 12.2 Å². The van der Waals surface area contributed by atoms with Crippen LogP contribution in [-0.4, -0.2) is 33.9 Å². The SMILES string of the molecule is Cc1cc(-c2ccc(C(=S)N3CCC(F)(F)CC3)cn2)cc(CF)c1C. The molecular formula is C20H21F3N2S. The monoisotopic (exact) mass is 378 g/mol. The molecule has 1 aliphatic heterocycles. The van der Waals surface area contributed by atoms with Crippen molar-refractivity contribution in [1.29, 1.82) is 0 Å². The minimum atomic E-state index is -2.59. The average Bonchev–Trinajstić information content (AvgIpc) is 2.63. The standard InChI is InChI=1S/C20H21F3N2S/c1-13-9-16(10-17(11-21)14(13)2)18-4-3-15(12-24-18)19(26)25-7-5-20(22,23)6-8-25/h3-4,9-10,12H,5-8,11H2,1-2H3. The maximum absolute atomic E-state index is 13.3. The second-order valence-electron chi connectivity index (χ2n) is 6.79. The van der Waals surface area contributed by atoms with Gasteiger partial charge in [-0.3, -0.25) is 4.98 Å². The van der Waals surface area contributed by atoms with Gasteiger partial charge in [0.1, 0.15) is 11.7 Å². The number of hydrogen-bond donors (Lipinski definition) is 0. The van der Waals surface area contributed by atoms with E-state index in [-0.39, 0.29) is 25.9 Å². The molecule has 2 heterocycles. The molecule has 1 fully saturated rings. The molecule has 1 aliphatic rings. The highest BCUT2D eigenvalue weighted by Gasteiger charge is 2.34.